The van der Waals surface area contributed by atoms with Crippen LogP contribution in [0.15, 0.2) is 17.5 Å². The van der Waals surface area contributed by atoms with E-state index >= 15 is 0 Å². The van der Waals surface area contributed by atoms with Crippen molar-refractivity contribution in [1.29, 1.82) is 0 Å². The Morgan fingerprint density at radius 2 is 2.36 bits per heavy atom. The molecule has 0 saturated heterocycles. The van der Waals surface area contributed by atoms with E-state index in [9.17, 15) is 4.79 Å². The molecule has 0 aromatic carbocycles. The molecule has 0 saturated carbocycles. The zero-order valence-electron chi connectivity index (χ0n) is 8.16. The lowest BCUT2D eigenvalue weighted by atomic mass is 10.1. The number of hydrogen-bond acceptors (Lipinski definition) is 2. The van der Waals surface area contributed by atoms with Gasteiger partial charge in [-0.25, -0.2) is 0 Å². The highest BCUT2D eigenvalue weighted by molar-refractivity contribution is 7.09. The first-order valence-electron chi connectivity index (χ1n) is 4.80. The van der Waals surface area contributed by atoms with E-state index in [1.54, 1.807) is 11.3 Å². The van der Waals surface area contributed by atoms with E-state index in [4.69, 9.17) is 6.42 Å². The average Bonchev–Trinajstić information content (AvgIpc) is 2.67. The van der Waals surface area contributed by atoms with Crippen molar-refractivity contribution in [1.82, 2.24) is 0 Å². The molecule has 0 atom stereocenters. The van der Waals surface area contributed by atoms with Gasteiger partial charge in [0.05, 0.1) is 0 Å². The number of ketones is 1. The highest BCUT2D eigenvalue weighted by atomic mass is 32.1. The summed E-state index contributed by atoms with van der Waals surface area (Å²) in [5, 5.41) is 2.06. The highest BCUT2D eigenvalue weighted by Crippen LogP contribution is 2.12. The van der Waals surface area contributed by atoms with Gasteiger partial charge < -0.3 is 0 Å². The summed E-state index contributed by atoms with van der Waals surface area (Å²) in [5.74, 6) is 2.78. The molecule has 1 aromatic rings. The molecule has 0 amide bonds. The van der Waals surface area contributed by atoms with Crippen LogP contribution in [0.2, 0.25) is 0 Å². The third-order valence-electron chi connectivity index (χ3n) is 2.01. The molecule has 74 valence electrons. The minimum Gasteiger partial charge on any atom is -0.300 e. The predicted molar refractivity (Wildman–Crippen MR) is 60.3 cm³/mol. The first-order chi connectivity index (χ1) is 6.83. The Labute approximate surface area is 89.2 Å². The van der Waals surface area contributed by atoms with Crippen molar-refractivity contribution in [3.05, 3.63) is 22.4 Å². The van der Waals surface area contributed by atoms with Crippen molar-refractivity contribution in [2.24, 2.45) is 0 Å². The normalized spacial score (nSPS) is 9.64. The van der Waals surface area contributed by atoms with Crippen LogP contribution in [0.25, 0.3) is 0 Å². The number of carbonyl (C=O) groups is 1. The Balaban J connectivity index is 2.10. The largest absolute Gasteiger partial charge is 0.300 e. The van der Waals surface area contributed by atoms with Gasteiger partial charge in [-0.3, -0.25) is 4.79 Å². The first kappa shape index (κ1) is 11.0. The van der Waals surface area contributed by atoms with Gasteiger partial charge in [-0.1, -0.05) is 6.07 Å². The molecule has 0 N–H and O–H groups in total. The molecule has 1 heterocycles. The fourth-order valence-corrected chi connectivity index (χ4v) is 2.00. The molecular formula is C12H14OS. The predicted octanol–water partition coefficient (Wildman–Crippen LogP) is 3.05. The third kappa shape index (κ3) is 4.25. The maximum Gasteiger partial charge on any atom is 0.133 e. The number of aryl methyl sites for hydroxylation is 1. The zero-order chi connectivity index (χ0) is 10.2. The minimum absolute atomic E-state index is 0.291. The second-order valence-corrected chi connectivity index (χ2v) is 4.21. The van der Waals surface area contributed by atoms with Crippen LogP contribution in [-0.2, 0) is 11.2 Å². The molecule has 14 heavy (non-hydrogen) atoms. The van der Waals surface area contributed by atoms with Crippen LogP contribution in [0.4, 0.5) is 0 Å². The molecule has 0 aliphatic heterocycles. The smallest absolute Gasteiger partial charge is 0.133 e. The Morgan fingerprint density at radius 3 is 3.00 bits per heavy atom. The van der Waals surface area contributed by atoms with Crippen molar-refractivity contribution in [3.63, 3.8) is 0 Å². The van der Waals surface area contributed by atoms with Crippen molar-refractivity contribution in [2.45, 2.75) is 32.1 Å². The lowest BCUT2D eigenvalue weighted by molar-refractivity contribution is -0.119. The molecule has 0 bridgehead atoms. The van der Waals surface area contributed by atoms with Gasteiger partial charge in [-0.05, 0) is 24.3 Å². The standard InChI is InChI=1S/C12H14OS/c1-2-3-6-11(13)7-4-8-12-9-5-10-14-12/h1,5,9-10H,3-4,6-8H2. The van der Waals surface area contributed by atoms with Crippen LogP contribution in [-0.4, -0.2) is 5.78 Å². The Bertz CT molecular complexity index is 306. The molecule has 0 fully saturated rings. The lowest BCUT2D eigenvalue weighted by Crippen LogP contribution is -1.97. The summed E-state index contributed by atoms with van der Waals surface area (Å²) in [6, 6.07) is 4.15. The van der Waals surface area contributed by atoms with E-state index in [0.717, 1.165) is 12.8 Å². The maximum absolute atomic E-state index is 11.2. The van der Waals surface area contributed by atoms with Crippen molar-refractivity contribution in [3.8, 4) is 12.3 Å². The van der Waals surface area contributed by atoms with E-state index in [2.05, 4.69) is 17.4 Å². The van der Waals surface area contributed by atoms with Crippen LogP contribution < -0.4 is 0 Å². The summed E-state index contributed by atoms with van der Waals surface area (Å²) >= 11 is 1.75. The van der Waals surface area contributed by atoms with Gasteiger partial charge in [-0.2, -0.15) is 0 Å². The van der Waals surface area contributed by atoms with Crippen molar-refractivity contribution >= 4 is 17.1 Å². The van der Waals surface area contributed by atoms with E-state index in [-0.39, 0.29) is 0 Å². The third-order valence-corrected chi connectivity index (χ3v) is 2.94. The van der Waals surface area contributed by atoms with Crippen LogP contribution in [0.1, 0.15) is 30.6 Å². The summed E-state index contributed by atoms with van der Waals surface area (Å²) in [6.07, 6.45) is 8.83. The molecule has 1 nitrogen and oxygen atoms in total. The molecule has 0 spiro atoms. The minimum atomic E-state index is 0.291. The van der Waals surface area contributed by atoms with E-state index in [1.165, 1.54) is 4.88 Å². The van der Waals surface area contributed by atoms with Gasteiger partial charge in [0.2, 0.25) is 0 Å². The second kappa shape index (κ2) is 6.39. The summed E-state index contributed by atoms with van der Waals surface area (Å²) in [6.45, 7) is 0. The molecular weight excluding hydrogens is 192 g/mol. The van der Waals surface area contributed by atoms with Gasteiger partial charge in [0.1, 0.15) is 5.78 Å². The molecule has 0 aliphatic rings. The summed E-state index contributed by atoms with van der Waals surface area (Å²) < 4.78 is 0. The summed E-state index contributed by atoms with van der Waals surface area (Å²) in [5.41, 5.74) is 0. The van der Waals surface area contributed by atoms with E-state index < -0.39 is 0 Å². The SMILES string of the molecule is C#CCCC(=O)CCCc1cccs1. The molecule has 0 radical (unpaired) electrons. The van der Waals surface area contributed by atoms with Crippen LogP contribution in [0, 0.1) is 12.3 Å². The fraction of sp³-hybridized carbons (Fsp3) is 0.417. The Hall–Kier alpha value is -1.07. The van der Waals surface area contributed by atoms with Gasteiger partial charge in [0.25, 0.3) is 0 Å². The van der Waals surface area contributed by atoms with Gasteiger partial charge in [-0.15, -0.1) is 23.7 Å². The fourth-order valence-electron chi connectivity index (χ4n) is 1.25. The number of Topliss-reactive ketones (excluding diaryl/α,β-unsaturated/α-hetero) is 1. The zero-order valence-corrected chi connectivity index (χ0v) is 8.98. The Morgan fingerprint density at radius 1 is 1.50 bits per heavy atom. The quantitative estimate of drug-likeness (QED) is 0.654. The molecule has 0 aliphatic carbocycles. The van der Waals surface area contributed by atoms with Gasteiger partial charge in [0, 0.05) is 24.1 Å². The second-order valence-electron chi connectivity index (χ2n) is 3.18. The molecule has 2 heteroatoms. The number of hydrogen-bond donors (Lipinski definition) is 0. The van der Waals surface area contributed by atoms with Gasteiger partial charge >= 0.3 is 0 Å². The lowest BCUT2D eigenvalue weighted by Gasteiger charge is -1.97. The summed E-state index contributed by atoms with van der Waals surface area (Å²) in [7, 11) is 0. The van der Waals surface area contributed by atoms with E-state index in [0.29, 0.717) is 25.0 Å². The number of terminal acetylenes is 1. The molecule has 1 aromatic heterocycles. The monoisotopic (exact) mass is 206 g/mol. The van der Waals surface area contributed by atoms with Crippen LogP contribution in [0.5, 0.6) is 0 Å². The van der Waals surface area contributed by atoms with E-state index in [1.807, 2.05) is 6.07 Å². The van der Waals surface area contributed by atoms with Crippen LogP contribution in [0.3, 0.4) is 0 Å². The molecule has 1 rings (SSSR count). The number of thiophene rings is 1. The van der Waals surface area contributed by atoms with Crippen LogP contribution >= 0.6 is 11.3 Å². The first-order valence-corrected chi connectivity index (χ1v) is 5.68. The van der Waals surface area contributed by atoms with Crippen molar-refractivity contribution < 1.29 is 4.79 Å². The van der Waals surface area contributed by atoms with Gasteiger partial charge in [0.15, 0.2) is 0 Å². The number of rotatable bonds is 6. The number of carbonyl (C=O) groups excluding carboxylic acids is 1. The highest BCUT2D eigenvalue weighted by Gasteiger charge is 2.01. The Kier molecular flexibility index (Phi) is 5.03. The molecule has 0 unspecified atom stereocenters. The maximum atomic E-state index is 11.2. The average molecular weight is 206 g/mol. The summed E-state index contributed by atoms with van der Waals surface area (Å²) in [4.78, 5) is 12.6. The van der Waals surface area contributed by atoms with Crippen molar-refractivity contribution in [2.75, 3.05) is 0 Å². The topological polar surface area (TPSA) is 17.1 Å².